The molecule has 494 valence electrons. The Balaban J connectivity index is 0.000000168. The zero-order chi connectivity index (χ0) is 65.5. The highest BCUT2D eigenvalue weighted by Crippen LogP contribution is 2.28. The number of carbonyl (C=O) groups is 3. The van der Waals surface area contributed by atoms with E-state index < -0.39 is 11.7 Å². The zero-order valence-corrected chi connectivity index (χ0v) is 55.5. The molecule has 0 saturated carbocycles. The van der Waals surface area contributed by atoms with Crippen molar-refractivity contribution in [2.24, 2.45) is 11.8 Å². The summed E-state index contributed by atoms with van der Waals surface area (Å²) in [7, 11) is 0. The van der Waals surface area contributed by atoms with Gasteiger partial charge in [-0.15, -0.1) is 0 Å². The van der Waals surface area contributed by atoms with Crippen LogP contribution >= 0.6 is 34.8 Å². The molecule has 0 bridgehead atoms. The number of benzene rings is 4. The lowest BCUT2D eigenvalue weighted by molar-refractivity contribution is -0.0292. The summed E-state index contributed by atoms with van der Waals surface area (Å²) in [5.41, 5.74) is 8.79. The molecule has 17 nitrogen and oxygen atoms in total. The number of hydrogen-bond acceptors (Lipinski definition) is 14. The van der Waals surface area contributed by atoms with Gasteiger partial charge in [-0.3, -0.25) is 29.2 Å². The largest absolute Gasteiger partial charge is 0.395 e. The fraction of sp³-hybridized carbons (Fsp3) is 0.417. The molecule has 11 rings (SSSR count). The molecule has 3 aromatic heterocycles. The highest BCUT2D eigenvalue weighted by molar-refractivity contribution is 6.31. The van der Waals surface area contributed by atoms with Gasteiger partial charge in [0, 0.05) is 98.3 Å². The van der Waals surface area contributed by atoms with E-state index in [1.807, 2.05) is 43.3 Å². The second kappa shape index (κ2) is 36.1. The van der Waals surface area contributed by atoms with Crippen LogP contribution in [0.3, 0.4) is 0 Å². The van der Waals surface area contributed by atoms with Crippen LogP contribution in [0.25, 0.3) is 0 Å². The number of amides is 3. The molecule has 4 saturated heterocycles. The number of nitrogens with zero attached hydrogens (tertiary/aromatic N) is 7. The topological polar surface area (TPSA) is 201 Å². The average Bonchev–Trinajstić information content (AvgIpc) is 1.46. The zero-order valence-electron chi connectivity index (χ0n) is 53.2. The third-order valence-corrected chi connectivity index (χ3v) is 18.2. The van der Waals surface area contributed by atoms with Gasteiger partial charge in [-0.05, 0) is 181 Å². The van der Waals surface area contributed by atoms with E-state index >= 15 is 0 Å². The second-order valence-corrected chi connectivity index (χ2v) is 25.8. The van der Waals surface area contributed by atoms with Crippen molar-refractivity contribution in [1.29, 1.82) is 0 Å². The van der Waals surface area contributed by atoms with E-state index in [0.717, 1.165) is 134 Å². The maximum absolute atomic E-state index is 14.0. The summed E-state index contributed by atoms with van der Waals surface area (Å²) in [5.74, 6) is 0.0575. The maximum Gasteiger partial charge on any atom is 0.257 e. The molecule has 7 heterocycles. The Hall–Kier alpha value is -6.94. The van der Waals surface area contributed by atoms with Crippen molar-refractivity contribution in [3.8, 4) is 0 Å². The first-order valence-electron chi connectivity index (χ1n) is 32.4. The van der Waals surface area contributed by atoms with Gasteiger partial charge in [0.2, 0.25) is 0 Å². The van der Waals surface area contributed by atoms with Gasteiger partial charge >= 0.3 is 0 Å². The molecule has 4 fully saturated rings. The number of aromatic nitrogens is 3. The number of hydrogen-bond donors (Lipinski definition) is 6. The van der Waals surface area contributed by atoms with Crippen molar-refractivity contribution in [3.05, 3.63) is 211 Å². The Kier molecular flexibility index (Phi) is 27.3. The Labute approximate surface area is 561 Å². The van der Waals surface area contributed by atoms with E-state index in [0.29, 0.717) is 88.1 Å². The predicted molar refractivity (Wildman–Crippen MR) is 368 cm³/mol. The lowest BCUT2D eigenvalue weighted by Crippen LogP contribution is -2.47. The first-order valence-corrected chi connectivity index (χ1v) is 33.5. The van der Waals surface area contributed by atoms with Crippen molar-refractivity contribution in [3.63, 3.8) is 0 Å². The van der Waals surface area contributed by atoms with Crippen LogP contribution in [0, 0.1) is 31.5 Å². The quantitative estimate of drug-likeness (QED) is 0.0371. The molecule has 4 aliphatic rings. The van der Waals surface area contributed by atoms with Crippen molar-refractivity contribution in [2.75, 3.05) is 108 Å². The minimum absolute atomic E-state index is 0.0276. The van der Waals surface area contributed by atoms with Crippen molar-refractivity contribution < 1.29 is 33.7 Å². The van der Waals surface area contributed by atoms with Crippen LogP contribution in [0.1, 0.15) is 103 Å². The molecule has 0 radical (unpaired) electrons. The highest BCUT2D eigenvalue weighted by Gasteiger charge is 2.28. The van der Waals surface area contributed by atoms with Crippen molar-refractivity contribution in [1.82, 2.24) is 39.9 Å². The average molecular weight is 1330 g/mol. The first-order chi connectivity index (χ1) is 45.1. The predicted octanol–water partition coefficient (Wildman–Crippen LogP) is 11.7. The Morgan fingerprint density at radius 3 is 1.75 bits per heavy atom. The Morgan fingerprint density at radius 1 is 0.581 bits per heavy atom. The number of nitrogens with one attached hydrogen (secondary N) is 4. The van der Waals surface area contributed by atoms with E-state index in [1.54, 1.807) is 42.6 Å². The lowest BCUT2D eigenvalue weighted by atomic mass is 9.90. The third-order valence-electron chi connectivity index (χ3n) is 17.5. The maximum atomic E-state index is 14.0. The van der Waals surface area contributed by atoms with Gasteiger partial charge < -0.3 is 46.0 Å². The minimum atomic E-state index is -0.723. The fourth-order valence-electron chi connectivity index (χ4n) is 12.3. The van der Waals surface area contributed by atoms with Crippen LogP contribution in [0.4, 0.5) is 21.6 Å². The number of anilines is 3. The molecule has 4 aromatic carbocycles. The van der Waals surface area contributed by atoms with E-state index in [9.17, 15) is 18.8 Å². The molecule has 4 aliphatic heterocycles. The van der Waals surface area contributed by atoms with Crippen LogP contribution < -0.4 is 21.3 Å². The number of ether oxygens (including phenoxy) is 1. The Morgan fingerprint density at radius 2 is 1.15 bits per heavy atom. The van der Waals surface area contributed by atoms with Crippen LogP contribution in [0.5, 0.6) is 0 Å². The number of β-amino-alcohol motifs (C(OH)–C–C–N with tert-alkyl or cyclic N) is 2. The second-order valence-electron chi connectivity index (χ2n) is 24.6. The summed E-state index contributed by atoms with van der Waals surface area (Å²) in [5, 5.41) is 31.3. The van der Waals surface area contributed by atoms with Gasteiger partial charge in [-0.1, -0.05) is 107 Å². The minimum Gasteiger partial charge on any atom is -0.395 e. The monoisotopic (exact) mass is 1330 g/mol. The number of morpholine rings is 1. The summed E-state index contributed by atoms with van der Waals surface area (Å²) in [6, 6.07) is 42.1. The Bertz CT molecular complexity index is 3520. The molecule has 93 heavy (non-hydrogen) atoms. The number of aryl methyl sites for hydroxylation is 2. The molecule has 21 heteroatoms. The molecule has 0 aliphatic carbocycles. The number of aliphatic hydroxyl groups excluding tert-OH is 2. The van der Waals surface area contributed by atoms with Gasteiger partial charge in [-0.2, -0.15) is 0 Å². The van der Waals surface area contributed by atoms with Gasteiger partial charge in [0.25, 0.3) is 17.7 Å². The summed E-state index contributed by atoms with van der Waals surface area (Å²) >= 11 is 17.8. The lowest BCUT2D eigenvalue weighted by Gasteiger charge is -2.33. The number of likely N-dealkylation sites (tertiary alicyclic amines) is 3. The molecular weight excluding hydrogens is 1240 g/mol. The smallest absolute Gasteiger partial charge is 0.257 e. The van der Waals surface area contributed by atoms with Crippen LogP contribution in [0.15, 0.2) is 140 Å². The number of piperidine rings is 3. The third kappa shape index (κ3) is 22.3. The number of pyridine rings is 3. The number of halogens is 4. The summed E-state index contributed by atoms with van der Waals surface area (Å²) in [6.45, 7) is 16.3. The molecule has 7 aromatic rings. The molecular formula is C72H87Cl3FN11O6. The van der Waals surface area contributed by atoms with E-state index in [-0.39, 0.29) is 41.8 Å². The van der Waals surface area contributed by atoms with Gasteiger partial charge in [0.15, 0.2) is 11.0 Å². The molecule has 3 amide bonds. The van der Waals surface area contributed by atoms with Crippen LogP contribution in [0.2, 0.25) is 15.2 Å². The fourth-order valence-corrected chi connectivity index (χ4v) is 12.8. The van der Waals surface area contributed by atoms with Gasteiger partial charge in [-0.25, -0.2) is 14.4 Å². The highest BCUT2D eigenvalue weighted by atomic mass is 35.5. The summed E-state index contributed by atoms with van der Waals surface area (Å²) < 4.78 is 20.0. The molecule has 1 unspecified atom stereocenters. The first kappa shape index (κ1) is 70.4. The van der Waals surface area contributed by atoms with Gasteiger partial charge in [0.1, 0.15) is 5.82 Å². The number of carbonyl (C=O) groups excluding carboxylic acids is 3. The molecule has 0 spiro atoms. The van der Waals surface area contributed by atoms with Crippen molar-refractivity contribution in [2.45, 2.75) is 90.4 Å². The van der Waals surface area contributed by atoms with Crippen LogP contribution in [-0.2, 0) is 30.7 Å². The molecule has 1 atom stereocenters. The number of rotatable bonds is 21. The van der Waals surface area contributed by atoms with Crippen molar-refractivity contribution >= 4 is 69.7 Å². The summed E-state index contributed by atoms with van der Waals surface area (Å²) in [4.78, 5) is 61.4. The summed E-state index contributed by atoms with van der Waals surface area (Å²) in [6.07, 6.45) is 9.08. The standard InChI is InChI=1S/C31H39N5O2.C21H26ClN3O2.C20H22Cl2FN3O2/c1-24-9-11-26(12-10-24)22-36-18-19-38-28(23-36)20-33-31(37)29-8-5-15-32-30(29)34-27-13-16-35(17-14-27)21-25-6-3-2-4-7-25;1-15-5-6-19(21(27)24-18-4-2-3-17(22)14-18)20(23-15)13-16-7-9-25(10-8-16)11-12-26;21-14-2-1-3-15(11-14)24-20(28)16-12-17(23)19(22)25-18(16)10-13-4-6-26(7-5-13)8-9-27/h2-12,15,27-28H,13-14,16-23H2,1H3,(H,32,34)(H,33,37);2-6,14,16,26H,7-13H2,1H3,(H,24,27);1-3,11-13,27H,4-10H2,(H,24,28). The van der Waals surface area contributed by atoms with E-state index in [4.69, 9.17) is 49.8 Å². The normalized spacial score (nSPS) is 17.1. The van der Waals surface area contributed by atoms with E-state index in [2.05, 4.69) is 117 Å². The number of aliphatic hydroxyl groups is 2. The van der Waals surface area contributed by atoms with Crippen LogP contribution in [-0.4, -0.2) is 166 Å². The van der Waals surface area contributed by atoms with E-state index in [1.165, 1.54) is 16.7 Å². The SMILES string of the molecule is Cc1ccc(C(=O)Nc2cccc(Cl)c2)c(CC2CCN(CCO)CC2)n1.Cc1ccc(CN2CCOC(CNC(=O)c3cccnc3NC3CCN(Cc4ccccc4)CC3)C2)cc1.O=C(Nc1cccc(Cl)c1)c1cc(F)c(Cl)nc1CC1CCN(CCO)CC1. The molecule has 6 N–H and O–H groups in total. The van der Waals surface area contributed by atoms with Gasteiger partial charge in [0.05, 0.1) is 54.0 Å².